The molecule has 0 atom stereocenters. The van der Waals surface area contributed by atoms with Gasteiger partial charge in [0.05, 0.1) is 17.2 Å². The SMILES string of the molecule is Cc1ccc(C(=O)NCc2c(C)nn(Cc3ccccc3)c2C)cc1[N+](=O)[O-]. The van der Waals surface area contributed by atoms with Gasteiger partial charge in [0.25, 0.3) is 11.6 Å². The van der Waals surface area contributed by atoms with E-state index in [1.807, 2.05) is 48.9 Å². The highest BCUT2D eigenvalue weighted by Gasteiger charge is 2.17. The Balaban J connectivity index is 1.73. The lowest BCUT2D eigenvalue weighted by Crippen LogP contribution is -2.23. The lowest BCUT2D eigenvalue weighted by Gasteiger charge is -2.08. The van der Waals surface area contributed by atoms with E-state index in [0.29, 0.717) is 18.7 Å². The Morgan fingerprint density at radius 1 is 1.14 bits per heavy atom. The van der Waals surface area contributed by atoms with Gasteiger partial charge in [-0.1, -0.05) is 36.4 Å². The second-order valence-corrected chi connectivity index (χ2v) is 6.73. The summed E-state index contributed by atoms with van der Waals surface area (Å²) in [6.07, 6.45) is 0. The summed E-state index contributed by atoms with van der Waals surface area (Å²) in [6, 6.07) is 14.5. The van der Waals surface area contributed by atoms with Gasteiger partial charge in [-0.3, -0.25) is 19.6 Å². The number of aryl methyl sites for hydroxylation is 2. The van der Waals surface area contributed by atoms with E-state index >= 15 is 0 Å². The first-order chi connectivity index (χ1) is 13.4. The minimum atomic E-state index is -0.478. The van der Waals surface area contributed by atoms with Crippen molar-refractivity contribution in [2.24, 2.45) is 0 Å². The molecule has 144 valence electrons. The standard InChI is InChI=1S/C21H22N4O3/c1-14-9-10-18(11-20(14)25(27)28)21(26)22-12-19-15(2)23-24(16(19)3)13-17-7-5-4-6-8-17/h4-11H,12-13H2,1-3H3,(H,22,26). The lowest BCUT2D eigenvalue weighted by atomic mass is 10.1. The first-order valence-electron chi connectivity index (χ1n) is 8.97. The van der Waals surface area contributed by atoms with E-state index in [0.717, 1.165) is 22.5 Å². The predicted octanol–water partition coefficient (Wildman–Crippen LogP) is 3.69. The van der Waals surface area contributed by atoms with Crippen LogP contribution in [0.1, 0.15) is 38.4 Å². The molecule has 1 heterocycles. The molecule has 28 heavy (non-hydrogen) atoms. The first kappa shape index (κ1) is 19.3. The fourth-order valence-corrected chi connectivity index (χ4v) is 3.12. The smallest absolute Gasteiger partial charge is 0.273 e. The van der Waals surface area contributed by atoms with Gasteiger partial charge in [-0.05, 0) is 32.4 Å². The maximum atomic E-state index is 12.5. The van der Waals surface area contributed by atoms with E-state index in [4.69, 9.17) is 0 Å². The van der Waals surface area contributed by atoms with Crippen LogP contribution in [0.4, 0.5) is 5.69 Å². The number of carbonyl (C=O) groups is 1. The van der Waals surface area contributed by atoms with Crippen LogP contribution < -0.4 is 5.32 Å². The van der Waals surface area contributed by atoms with Gasteiger partial charge < -0.3 is 5.32 Å². The van der Waals surface area contributed by atoms with Crippen molar-refractivity contribution in [1.82, 2.24) is 15.1 Å². The zero-order valence-electron chi connectivity index (χ0n) is 16.1. The summed E-state index contributed by atoms with van der Waals surface area (Å²) in [4.78, 5) is 23.1. The van der Waals surface area contributed by atoms with Gasteiger partial charge in [0.15, 0.2) is 0 Å². The van der Waals surface area contributed by atoms with Crippen LogP contribution >= 0.6 is 0 Å². The molecule has 0 fully saturated rings. The molecular weight excluding hydrogens is 356 g/mol. The number of benzene rings is 2. The van der Waals surface area contributed by atoms with E-state index in [2.05, 4.69) is 10.4 Å². The van der Waals surface area contributed by atoms with Gasteiger partial charge in [-0.2, -0.15) is 5.10 Å². The first-order valence-corrected chi connectivity index (χ1v) is 8.97. The fraction of sp³-hybridized carbons (Fsp3) is 0.238. The van der Waals surface area contributed by atoms with Crippen molar-refractivity contribution in [2.75, 3.05) is 0 Å². The van der Waals surface area contributed by atoms with E-state index in [-0.39, 0.29) is 17.2 Å². The Morgan fingerprint density at radius 2 is 1.86 bits per heavy atom. The molecule has 1 aromatic heterocycles. The van der Waals surface area contributed by atoms with Crippen molar-refractivity contribution in [1.29, 1.82) is 0 Å². The van der Waals surface area contributed by atoms with Crippen LogP contribution in [0.3, 0.4) is 0 Å². The molecule has 3 aromatic rings. The van der Waals surface area contributed by atoms with E-state index in [1.54, 1.807) is 19.1 Å². The minimum absolute atomic E-state index is 0.0595. The second-order valence-electron chi connectivity index (χ2n) is 6.73. The monoisotopic (exact) mass is 378 g/mol. The van der Waals surface area contributed by atoms with Gasteiger partial charge in [-0.15, -0.1) is 0 Å². The van der Waals surface area contributed by atoms with Crippen molar-refractivity contribution in [3.63, 3.8) is 0 Å². The van der Waals surface area contributed by atoms with Crippen molar-refractivity contribution >= 4 is 11.6 Å². The minimum Gasteiger partial charge on any atom is -0.348 e. The van der Waals surface area contributed by atoms with Gasteiger partial charge in [0.1, 0.15) is 0 Å². The number of rotatable bonds is 6. The molecule has 0 radical (unpaired) electrons. The van der Waals surface area contributed by atoms with Crippen molar-refractivity contribution in [3.05, 3.63) is 92.3 Å². The number of nitrogens with zero attached hydrogens (tertiary/aromatic N) is 3. The summed E-state index contributed by atoms with van der Waals surface area (Å²) in [5.74, 6) is -0.349. The number of nitrogens with one attached hydrogen (secondary N) is 1. The number of hydrogen-bond acceptors (Lipinski definition) is 4. The van der Waals surface area contributed by atoms with Crippen molar-refractivity contribution in [3.8, 4) is 0 Å². The third kappa shape index (κ3) is 4.09. The fourth-order valence-electron chi connectivity index (χ4n) is 3.12. The molecule has 1 N–H and O–H groups in total. The molecule has 0 bridgehead atoms. The topological polar surface area (TPSA) is 90.1 Å². The van der Waals surface area contributed by atoms with Gasteiger partial charge in [0, 0.05) is 35.0 Å². The summed E-state index contributed by atoms with van der Waals surface area (Å²) in [7, 11) is 0. The highest BCUT2D eigenvalue weighted by molar-refractivity contribution is 5.95. The molecule has 7 heteroatoms. The van der Waals surface area contributed by atoms with Gasteiger partial charge in [-0.25, -0.2) is 0 Å². The Morgan fingerprint density at radius 3 is 2.54 bits per heavy atom. The van der Waals surface area contributed by atoms with E-state index < -0.39 is 4.92 Å². The maximum Gasteiger partial charge on any atom is 0.273 e. The Kier molecular flexibility index (Phi) is 5.54. The third-order valence-corrected chi connectivity index (χ3v) is 4.80. The Hall–Kier alpha value is -3.48. The van der Waals surface area contributed by atoms with Crippen molar-refractivity contribution in [2.45, 2.75) is 33.9 Å². The Bertz CT molecular complexity index is 1030. The average molecular weight is 378 g/mol. The molecule has 0 saturated carbocycles. The van der Waals surface area contributed by atoms with Gasteiger partial charge >= 0.3 is 0 Å². The van der Waals surface area contributed by atoms with E-state index in [1.165, 1.54) is 6.07 Å². The third-order valence-electron chi connectivity index (χ3n) is 4.80. The number of amides is 1. The van der Waals surface area contributed by atoms with Crippen LogP contribution in [-0.4, -0.2) is 20.6 Å². The number of hydrogen-bond donors (Lipinski definition) is 1. The lowest BCUT2D eigenvalue weighted by molar-refractivity contribution is -0.385. The van der Waals surface area contributed by atoms with Crippen LogP contribution in [0, 0.1) is 30.9 Å². The number of nitro benzene ring substituents is 1. The number of carbonyl (C=O) groups excluding carboxylic acids is 1. The Labute approximate surface area is 163 Å². The summed E-state index contributed by atoms with van der Waals surface area (Å²) >= 11 is 0. The number of nitro groups is 1. The quantitative estimate of drug-likeness (QED) is 0.523. The summed E-state index contributed by atoms with van der Waals surface area (Å²) in [6.45, 7) is 6.50. The highest BCUT2D eigenvalue weighted by atomic mass is 16.6. The average Bonchev–Trinajstić information content (AvgIpc) is 2.93. The normalized spacial score (nSPS) is 10.7. The van der Waals surface area contributed by atoms with Crippen LogP contribution in [0.15, 0.2) is 48.5 Å². The van der Waals surface area contributed by atoms with Crippen molar-refractivity contribution < 1.29 is 9.72 Å². The van der Waals surface area contributed by atoms with Crippen LogP contribution in [-0.2, 0) is 13.1 Å². The molecule has 2 aromatic carbocycles. The molecule has 3 rings (SSSR count). The van der Waals surface area contributed by atoms with Crippen LogP contribution in [0.2, 0.25) is 0 Å². The largest absolute Gasteiger partial charge is 0.348 e. The summed E-state index contributed by atoms with van der Waals surface area (Å²) in [5, 5.41) is 18.5. The molecule has 0 unspecified atom stereocenters. The molecule has 0 spiro atoms. The molecule has 0 aliphatic heterocycles. The molecule has 0 aliphatic rings. The summed E-state index contributed by atoms with van der Waals surface area (Å²) < 4.78 is 1.92. The summed E-state index contributed by atoms with van der Waals surface area (Å²) in [5.41, 5.74) is 4.66. The molecule has 1 amide bonds. The molecule has 0 aliphatic carbocycles. The van der Waals surface area contributed by atoms with E-state index in [9.17, 15) is 14.9 Å². The predicted molar refractivity (Wildman–Crippen MR) is 106 cm³/mol. The van der Waals surface area contributed by atoms with Crippen LogP contribution in [0.5, 0.6) is 0 Å². The van der Waals surface area contributed by atoms with Crippen LogP contribution in [0.25, 0.3) is 0 Å². The molecule has 0 saturated heterocycles. The molecular formula is C21H22N4O3. The zero-order chi connectivity index (χ0) is 20.3. The second kappa shape index (κ2) is 8.04. The number of aromatic nitrogens is 2. The van der Waals surface area contributed by atoms with Gasteiger partial charge in [0.2, 0.25) is 0 Å². The molecule has 7 nitrogen and oxygen atoms in total. The zero-order valence-corrected chi connectivity index (χ0v) is 16.1. The maximum absolute atomic E-state index is 12.5. The highest BCUT2D eigenvalue weighted by Crippen LogP contribution is 2.20.